The molecule has 13 heavy (non-hydrogen) atoms. The minimum Gasteiger partial charge on any atom is -0.198 e. The molecule has 0 saturated heterocycles. The van der Waals surface area contributed by atoms with Crippen molar-refractivity contribution >= 4 is 0 Å². The van der Waals surface area contributed by atoms with Crippen LogP contribution >= 0.6 is 0 Å². The van der Waals surface area contributed by atoms with Gasteiger partial charge in [0.2, 0.25) is 0 Å². The van der Waals surface area contributed by atoms with Gasteiger partial charge in [-0.3, -0.25) is 0 Å². The summed E-state index contributed by atoms with van der Waals surface area (Å²) in [6.45, 7) is 15.1. The highest BCUT2D eigenvalue weighted by Crippen LogP contribution is 2.71. The third-order valence-electron chi connectivity index (χ3n) is 4.70. The second-order valence-corrected chi connectivity index (χ2v) is 5.40. The van der Waals surface area contributed by atoms with Crippen LogP contribution in [0.1, 0.15) is 41.0 Å². The van der Waals surface area contributed by atoms with Crippen LogP contribution in [0, 0.1) is 27.6 Å². The number of hydrogen-bond acceptors (Lipinski definition) is 1. The van der Waals surface area contributed by atoms with Crippen molar-refractivity contribution in [3.8, 4) is 6.07 Å². The molecule has 0 aromatic heterocycles. The summed E-state index contributed by atoms with van der Waals surface area (Å²) in [6, 6.07) is 2.30. The number of nitriles is 1. The minimum absolute atomic E-state index is 0.0752. The predicted octanol–water partition coefficient (Wildman–Crippen LogP) is 3.53. The van der Waals surface area contributed by atoms with Crippen LogP contribution in [0.15, 0.2) is 12.2 Å². The molecule has 0 aromatic carbocycles. The molecule has 0 atom stereocenters. The van der Waals surface area contributed by atoms with Gasteiger partial charge in [0.05, 0.1) is 6.07 Å². The van der Waals surface area contributed by atoms with Gasteiger partial charge in [0.1, 0.15) is 0 Å². The Hall–Kier alpha value is -0.770. The van der Waals surface area contributed by atoms with Crippen LogP contribution < -0.4 is 0 Å². The first kappa shape index (κ1) is 10.3. The number of allylic oxidation sites excluding steroid dienone is 1. The Balaban J connectivity index is 3.11. The molecule has 1 rings (SSSR count). The molecule has 0 aromatic rings. The van der Waals surface area contributed by atoms with E-state index in [1.165, 1.54) is 5.57 Å². The second-order valence-electron chi connectivity index (χ2n) is 5.40. The summed E-state index contributed by atoms with van der Waals surface area (Å²) in [5.41, 5.74) is 1.56. The molecule has 0 unspecified atom stereocenters. The summed E-state index contributed by atoms with van der Waals surface area (Å²) in [5.74, 6) is 0. The van der Waals surface area contributed by atoms with E-state index in [9.17, 15) is 0 Å². The molecule has 0 N–H and O–H groups in total. The van der Waals surface area contributed by atoms with Crippen LogP contribution in [0.5, 0.6) is 0 Å². The van der Waals surface area contributed by atoms with E-state index in [0.29, 0.717) is 6.42 Å². The fourth-order valence-electron chi connectivity index (χ4n) is 2.77. The smallest absolute Gasteiger partial charge is 0.0628 e. The van der Waals surface area contributed by atoms with Crippen molar-refractivity contribution < 1.29 is 0 Å². The average molecular weight is 177 g/mol. The number of hydrogen-bond donors (Lipinski definition) is 0. The quantitative estimate of drug-likeness (QED) is 0.562. The van der Waals surface area contributed by atoms with Gasteiger partial charge < -0.3 is 0 Å². The molecule has 0 bridgehead atoms. The SMILES string of the molecule is C=C1C(C)(C)C(C)(CC#N)C1(C)C. The molecule has 0 radical (unpaired) electrons. The lowest BCUT2D eigenvalue weighted by Gasteiger charge is -2.67. The topological polar surface area (TPSA) is 23.8 Å². The Morgan fingerprint density at radius 2 is 1.54 bits per heavy atom. The Labute approximate surface area is 81.5 Å². The van der Waals surface area contributed by atoms with Crippen molar-refractivity contribution in [1.82, 2.24) is 0 Å². The highest BCUT2D eigenvalue weighted by molar-refractivity contribution is 5.36. The Bertz CT molecular complexity index is 271. The molecule has 72 valence electrons. The van der Waals surface area contributed by atoms with Crippen LogP contribution in [0.2, 0.25) is 0 Å². The van der Waals surface area contributed by atoms with Gasteiger partial charge in [-0.1, -0.05) is 46.8 Å². The Morgan fingerprint density at radius 3 is 1.85 bits per heavy atom. The average Bonchev–Trinajstić information content (AvgIpc) is 2.02. The van der Waals surface area contributed by atoms with E-state index in [1.807, 2.05) is 0 Å². The Kier molecular flexibility index (Phi) is 1.89. The lowest BCUT2D eigenvalue weighted by molar-refractivity contribution is -0.0869. The van der Waals surface area contributed by atoms with Crippen molar-refractivity contribution in [1.29, 1.82) is 5.26 Å². The summed E-state index contributed by atoms with van der Waals surface area (Å²) < 4.78 is 0. The van der Waals surface area contributed by atoms with Gasteiger partial charge in [-0.05, 0) is 16.2 Å². The maximum Gasteiger partial charge on any atom is 0.0628 e. The zero-order valence-electron chi connectivity index (χ0n) is 9.36. The highest BCUT2D eigenvalue weighted by atomic mass is 14.7. The van der Waals surface area contributed by atoms with E-state index in [-0.39, 0.29) is 16.2 Å². The van der Waals surface area contributed by atoms with E-state index in [1.54, 1.807) is 0 Å². The van der Waals surface area contributed by atoms with E-state index >= 15 is 0 Å². The van der Waals surface area contributed by atoms with Crippen molar-refractivity contribution in [2.24, 2.45) is 16.2 Å². The lowest BCUT2D eigenvalue weighted by atomic mass is 9.36. The molecule has 1 aliphatic rings. The molecule has 1 saturated carbocycles. The zero-order valence-corrected chi connectivity index (χ0v) is 9.36. The van der Waals surface area contributed by atoms with Gasteiger partial charge in [0.15, 0.2) is 0 Å². The molecule has 1 fully saturated rings. The summed E-state index contributed by atoms with van der Waals surface area (Å²) in [5, 5.41) is 8.84. The third-order valence-corrected chi connectivity index (χ3v) is 4.70. The normalized spacial score (nSPS) is 27.5. The zero-order chi connectivity index (χ0) is 10.5. The largest absolute Gasteiger partial charge is 0.198 e. The third kappa shape index (κ3) is 0.866. The molecule has 1 heteroatoms. The van der Waals surface area contributed by atoms with E-state index in [4.69, 9.17) is 5.26 Å². The fourth-order valence-corrected chi connectivity index (χ4v) is 2.77. The van der Waals surface area contributed by atoms with E-state index in [2.05, 4.69) is 47.3 Å². The summed E-state index contributed by atoms with van der Waals surface area (Å²) in [7, 11) is 0. The standard InChI is InChI=1S/C12H19N/c1-9-10(2,3)12(6,7-8-13)11(9,4)5/h1,7H2,2-6H3. The van der Waals surface area contributed by atoms with Crippen LogP contribution in [-0.2, 0) is 0 Å². The second kappa shape index (κ2) is 2.38. The van der Waals surface area contributed by atoms with Gasteiger partial charge in [0, 0.05) is 6.42 Å². The van der Waals surface area contributed by atoms with Crippen molar-refractivity contribution in [2.75, 3.05) is 0 Å². The fraction of sp³-hybridized carbons (Fsp3) is 0.750. The van der Waals surface area contributed by atoms with Gasteiger partial charge in [0.25, 0.3) is 0 Å². The molecular weight excluding hydrogens is 158 g/mol. The number of rotatable bonds is 1. The monoisotopic (exact) mass is 177 g/mol. The summed E-state index contributed by atoms with van der Waals surface area (Å²) in [4.78, 5) is 0. The molecule has 0 heterocycles. The lowest BCUT2D eigenvalue weighted by Crippen LogP contribution is -2.60. The van der Waals surface area contributed by atoms with Crippen molar-refractivity contribution in [2.45, 2.75) is 41.0 Å². The van der Waals surface area contributed by atoms with E-state index in [0.717, 1.165) is 0 Å². The van der Waals surface area contributed by atoms with Gasteiger partial charge >= 0.3 is 0 Å². The first-order valence-corrected chi connectivity index (χ1v) is 4.78. The first-order chi connectivity index (χ1) is 5.72. The number of nitrogens with zero attached hydrogens (tertiary/aromatic N) is 1. The van der Waals surface area contributed by atoms with Crippen molar-refractivity contribution in [3.63, 3.8) is 0 Å². The molecule has 1 aliphatic carbocycles. The van der Waals surface area contributed by atoms with Crippen molar-refractivity contribution in [3.05, 3.63) is 12.2 Å². The molecule has 1 nitrogen and oxygen atoms in total. The maximum atomic E-state index is 8.84. The molecule has 0 amide bonds. The summed E-state index contributed by atoms with van der Waals surface area (Å²) in [6.07, 6.45) is 0.617. The van der Waals surface area contributed by atoms with Crippen LogP contribution in [0.3, 0.4) is 0 Å². The summed E-state index contributed by atoms with van der Waals surface area (Å²) >= 11 is 0. The van der Waals surface area contributed by atoms with E-state index < -0.39 is 0 Å². The Morgan fingerprint density at radius 1 is 1.15 bits per heavy atom. The van der Waals surface area contributed by atoms with Crippen LogP contribution in [0.4, 0.5) is 0 Å². The van der Waals surface area contributed by atoms with Crippen LogP contribution in [0.25, 0.3) is 0 Å². The van der Waals surface area contributed by atoms with Crippen LogP contribution in [-0.4, -0.2) is 0 Å². The van der Waals surface area contributed by atoms with Gasteiger partial charge in [-0.25, -0.2) is 0 Å². The molecule has 0 spiro atoms. The first-order valence-electron chi connectivity index (χ1n) is 4.78. The van der Waals surface area contributed by atoms with Gasteiger partial charge in [-0.2, -0.15) is 5.26 Å². The highest BCUT2D eigenvalue weighted by Gasteiger charge is 2.64. The minimum atomic E-state index is 0.0752. The maximum absolute atomic E-state index is 8.84. The van der Waals surface area contributed by atoms with Gasteiger partial charge in [-0.15, -0.1) is 0 Å². The molecule has 0 aliphatic heterocycles. The predicted molar refractivity (Wildman–Crippen MR) is 55.0 cm³/mol. The molecular formula is C12H19N.